The number of rotatable bonds is 6. The Bertz CT molecular complexity index is 3160. The third-order valence-electron chi connectivity index (χ3n) is 12.1. The summed E-state index contributed by atoms with van der Waals surface area (Å²) in [5.41, 5.74) is 17.5. The summed E-state index contributed by atoms with van der Waals surface area (Å²) < 4.78 is 6.46. The molecular weight excluding hydrogens is 691 g/mol. The lowest BCUT2D eigenvalue weighted by molar-refractivity contribution is 0.660. The molecule has 0 fully saturated rings. The zero-order valence-corrected chi connectivity index (χ0v) is 31.9. The standard InChI is InChI=1S/C55H39NO/c1-55(2)48-23-8-5-20-45(48)46-33-30-38(35-49(46)55)36-28-31-41(32-29-36)56(51-25-13-27-53-54(51)47-21-7-10-26-52(47)57-53)50-24-9-6-19-44(50)40-17-11-16-39(34-40)43-22-12-15-37-14-3-4-18-42(37)43/h3-35H,1-2H3. The molecular formula is C55H39NO. The Morgan fingerprint density at radius 2 is 0.982 bits per heavy atom. The molecule has 0 amide bonds. The number of para-hydroxylation sites is 2. The van der Waals surface area contributed by atoms with E-state index in [0.717, 1.165) is 50.1 Å². The Morgan fingerprint density at radius 1 is 0.386 bits per heavy atom. The predicted molar refractivity (Wildman–Crippen MR) is 240 cm³/mol. The minimum absolute atomic E-state index is 0.0562. The summed E-state index contributed by atoms with van der Waals surface area (Å²) in [4.78, 5) is 2.41. The minimum Gasteiger partial charge on any atom is -0.456 e. The quantitative estimate of drug-likeness (QED) is 0.169. The molecule has 1 heterocycles. The third-order valence-corrected chi connectivity index (χ3v) is 12.1. The van der Waals surface area contributed by atoms with Crippen LogP contribution in [0.2, 0.25) is 0 Å². The van der Waals surface area contributed by atoms with Gasteiger partial charge in [-0.25, -0.2) is 0 Å². The van der Waals surface area contributed by atoms with Gasteiger partial charge in [0.1, 0.15) is 11.2 Å². The van der Waals surface area contributed by atoms with Gasteiger partial charge in [-0.05, 0) is 109 Å². The topological polar surface area (TPSA) is 16.4 Å². The first kappa shape index (κ1) is 33.2. The monoisotopic (exact) mass is 729 g/mol. The van der Waals surface area contributed by atoms with Crippen LogP contribution in [0.25, 0.3) is 77.2 Å². The van der Waals surface area contributed by atoms with Crippen molar-refractivity contribution in [2.45, 2.75) is 19.3 Å². The molecule has 0 radical (unpaired) electrons. The van der Waals surface area contributed by atoms with Crippen LogP contribution in [0.15, 0.2) is 205 Å². The van der Waals surface area contributed by atoms with E-state index in [1.165, 1.54) is 55.3 Å². The van der Waals surface area contributed by atoms with Gasteiger partial charge in [-0.3, -0.25) is 0 Å². The van der Waals surface area contributed by atoms with Crippen molar-refractivity contribution >= 4 is 49.8 Å². The maximum Gasteiger partial charge on any atom is 0.137 e. The number of nitrogens with zero attached hydrogens (tertiary/aromatic N) is 1. The average molecular weight is 730 g/mol. The molecule has 0 unspecified atom stereocenters. The number of hydrogen-bond acceptors (Lipinski definition) is 2. The molecule has 0 aliphatic heterocycles. The fourth-order valence-electron chi connectivity index (χ4n) is 9.28. The van der Waals surface area contributed by atoms with Crippen LogP contribution in [-0.2, 0) is 5.41 Å². The summed E-state index contributed by atoms with van der Waals surface area (Å²) in [5, 5.41) is 4.69. The van der Waals surface area contributed by atoms with Crippen LogP contribution in [0, 0.1) is 0 Å². The Balaban J connectivity index is 1.07. The largest absolute Gasteiger partial charge is 0.456 e. The molecule has 57 heavy (non-hydrogen) atoms. The van der Waals surface area contributed by atoms with E-state index in [0.29, 0.717) is 0 Å². The zero-order valence-electron chi connectivity index (χ0n) is 31.9. The lowest BCUT2D eigenvalue weighted by atomic mass is 9.81. The highest BCUT2D eigenvalue weighted by Gasteiger charge is 2.35. The van der Waals surface area contributed by atoms with E-state index in [2.05, 4.69) is 213 Å². The fourth-order valence-corrected chi connectivity index (χ4v) is 9.28. The summed E-state index contributed by atoms with van der Waals surface area (Å²) in [5.74, 6) is 0. The van der Waals surface area contributed by atoms with Crippen LogP contribution in [0.1, 0.15) is 25.0 Å². The van der Waals surface area contributed by atoms with Gasteiger partial charge in [0.15, 0.2) is 0 Å². The van der Waals surface area contributed by atoms with E-state index >= 15 is 0 Å². The highest BCUT2D eigenvalue weighted by molar-refractivity contribution is 6.14. The lowest BCUT2D eigenvalue weighted by Gasteiger charge is -2.29. The molecule has 0 saturated heterocycles. The first-order valence-corrected chi connectivity index (χ1v) is 19.8. The molecule has 0 bridgehead atoms. The van der Waals surface area contributed by atoms with Crippen molar-refractivity contribution in [3.63, 3.8) is 0 Å². The number of anilines is 3. The Labute approximate surface area is 332 Å². The molecule has 9 aromatic carbocycles. The Hall–Kier alpha value is -7.16. The third kappa shape index (κ3) is 5.33. The van der Waals surface area contributed by atoms with Crippen molar-refractivity contribution < 1.29 is 4.42 Å². The van der Waals surface area contributed by atoms with Crippen LogP contribution in [0.5, 0.6) is 0 Å². The zero-order chi connectivity index (χ0) is 38.1. The van der Waals surface area contributed by atoms with E-state index in [1.807, 2.05) is 6.07 Å². The minimum atomic E-state index is -0.0562. The second-order valence-electron chi connectivity index (χ2n) is 15.7. The molecule has 2 nitrogen and oxygen atoms in total. The van der Waals surface area contributed by atoms with Crippen molar-refractivity contribution in [1.82, 2.24) is 0 Å². The van der Waals surface area contributed by atoms with Gasteiger partial charge in [-0.15, -0.1) is 0 Å². The van der Waals surface area contributed by atoms with Crippen LogP contribution in [0.3, 0.4) is 0 Å². The molecule has 270 valence electrons. The molecule has 11 rings (SSSR count). The summed E-state index contributed by atoms with van der Waals surface area (Å²) in [6, 6.07) is 72.6. The Morgan fingerprint density at radius 3 is 1.86 bits per heavy atom. The molecule has 2 heteroatoms. The highest BCUT2D eigenvalue weighted by Crippen LogP contribution is 2.50. The lowest BCUT2D eigenvalue weighted by Crippen LogP contribution is -2.14. The van der Waals surface area contributed by atoms with E-state index < -0.39 is 0 Å². The highest BCUT2D eigenvalue weighted by atomic mass is 16.3. The van der Waals surface area contributed by atoms with Crippen LogP contribution >= 0.6 is 0 Å². The second-order valence-corrected chi connectivity index (χ2v) is 15.7. The molecule has 1 aliphatic carbocycles. The maximum atomic E-state index is 6.46. The molecule has 0 saturated carbocycles. The van der Waals surface area contributed by atoms with Gasteiger partial charge < -0.3 is 9.32 Å². The smallest absolute Gasteiger partial charge is 0.137 e. The predicted octanol–water partition coefficient (Wildman–Crippen LogP) is 15.5. The summed E-state index contributed by atoms with van der Waals surface area (Å²) in [7, 11) is 0. The average Bonchev–Trinajstić information content (AvgIpc) is 3.76. The maximum absolute atomic E-state index is 6.46. The number of furan rings is 1. The summed E-state index contributed by atoms with van der Waals surface area (Å²) in [6.45, 7) is 4.69. The normalized spacial score (nSPS) is 12.9. The van der Waals surface area contributed by atoms with Crippen molar-refractivity contribution in [3.05, 3.63) is 211 Å². The first-order valence-electron chi connectivity index (χ1n) is 19.8. The van der Waals surface area contributed by atoms with Gasteiger partial charge in [0.25, 0.3) is 0 Å². The van der Waals surface area contributed by atoms with Crippen molar-refractivity contribution in [1.29, 1.82) is 0 Å². The van der Waals surface area contributed by atoms with Crippen molar-refractivity contribution in [3.8, 4) is 44.5 Å². The summed E-state index contributed by atoms with van der Waals surface area (Å²) in [6.07, 6.45) is 0. The number of hydrogen-bond donors (Lipinski definition) is 0. The number of fused-ring (bicyclic) bond motifs is 7. The van der Waals surface area contributed by atoms with Gasteiger partial charge in [0.05, 0.1) is 16.8 Å². The molecule has 0 atom stereocenters. The van der Waals surface area contributed by atoms with Gasteiger partial charge in [-0.1, -0.05) is 166 Å². The summed E-state index contributed by atoms with van der Waals surface area (Å²) >= 11 is 0. The molecule has 1 aromatic heterocycles. The van der Waals surface area contributed by atoms with Gasteiger partial charge >= 0.3 is 0 Å². The van der Waals surface area contributed by atoms with Crippen molar-refractivity contribution in [2.75, 3.05) is 4.90 Å². The first-order chi connectivity index (χ1) is 28.0. The van der Waals surface area contributed by atoms with E-state index in [1.54, 1.807) is 0 Å². The van der Waals surface area contributed by atoms with Crippen LogP contribution in [0.4, 0.5) is 17.1 Å². The second kappa shape index (κ2) is 13.0. The van der Waals surface area contributed by atoms with Gasteiger partial charge in [0, 0.05) is 22.1 Å². The van der Waals surface area contributed by atoms with Crippen LogP contribution < -0.4 is 4.90 Å². The molecule has 10 aromatic rings. The SMILES string of the molecule is CC1(C)c2ccccc2-c2ccc(-c3ccc(N(c4ccccc4-c4cccc(-c5cccc6ccccc56)c4)c4cccc5oc6ccccc6c45)cc3)cc21. The van der Waals surface area contributed by atoms with Gasteiger partial charge in [-0.2, -0.15) is 0 Å². The molecule has 0 N–H and O–H groups in total. The number of benzene rings is 9. The fraction of sp³-hybridized carbons (Fsp3) is 0.0545. The molecule has 1 aliphatic rings. The van der Waals surface area contributed by atoms with E-state index in [9.17, 15) is 0 Å². The van der Waals surface area contributed by atoms with Gasteiger partial charge in [0.2, 0.25) is 0 Å². The Kier molecular flexibility index (Phi) is 7.55. The van der Waals surface area contributed by atoms with E-state index in [4.69, 9.17) is 4.42 Å². The molecule has 0 spiro atoms. The van der Waals surface area contributed by atoms with Crippen molar-refractivity contribution in [2.24, 2.45) is 0 Å². The van der Waals surface area contributed by atoms with E-state index in [-0.39, 0.29) is 5.41 Å². The van der Waals surface area contributed by atoms with Crippen LogP contribution in [-0.4, -0.2) is 0 Å².